The molecule has 0 atom stereocenters. The number of anilines is 2. The molecule has 0 bridgehead atoms. The van der Waals surface area contributed by atoms with Gasteiger partial charge in [0.2, 0.25) is 0 Å². The zero-order chi connectivity index (χ0) is 20.0. The Morgan fingerprint density at radius 1 is 1.00 bits per heavy atom. The summed E-state index contributed by atoms with van der Waals surface area (Å²) in [5.74, 6) is 0.898. The molecule has 0 amide bonds. The van der Waals surface area contributed by atoms with E-state index in [0.717, 1.165) is 0 Å². The lowest BCUT2D eigenvalue weighted by molar-refractivity contribution is 0.416. The van der Waals surface area contributed by atoms with Gasteiger partial charge in [-0.05, 0) is 56.4 Å². The Bertz CT molecular complexity index is 915. The van der Waals surface area contributed by atoms with Crippen molar-refractivity contribution >= 4 is 38.7 Å². The summed E-state index contributed by atoms with van der Waals surface area (Å²) in [5, 5.41) is 6.38. The van der Waals surface area contributed by atoms with Crippen molar-refractivity contribution in [3.63, 3.8) is 0 Å². The van der Waals surface area contributed by atoms with Crippen molar-refractivity contribution in [2.45, 2.75) is 24.8 Å². The van der Waals surface area contributed by atoms with Crippen LogP contribution in [0.25, 0.3) is 0 Å². The molecule has 0 fully saturated rings. The molecule has 0 aliphatic carbocycles. The molecule has 2 rings (SSSR count). The molecular formula is C18H23N3O4S2. The van der Waals surface area contributed by atoms with Gasteiger partial charge in [-0.1, -0.05) is 12.1 Å². The number of benzene rings is 2. The number of sulfonamides is 1. The van der Waals surface area contributed by atoms with Gasteiger partial charge in [-0.15, -0.1) is 0 Å². The zero-order valence-electron chi connectivity index (χ0n) is 15.6. The van der Waals surface area contributed by atoms with E-state index in [1.54, 1.807) is 30.3 Å². The predicted molar refractivity (Wildman–Crippen MR) is 111 cm³/mol. The van der Waals surface area contributed by atoms with Gasteiger partial charge in [0, 0.05) is 6.04 Å². The minimum absolute atomic E-state index is 0.0593. The van der Waals surface area contributed by atoms with E-state index >= 15 is 0 Å². The third kappa shape index (κ3) is 5.48. The largest absolute Gasteiger partial charge is 0.495 e. The summed E-state index contributed by atoms with van der Waals surface area (Å²) >= 11 is 5.23. The molecular weight excluding hydrogens is 386 g/mol. The molecule has 2 aromatic carbocycles. The third-order valence-electron chi connectivity index (χ3n) is 3.50. The number of thiocarbonyl (C=S) groups is 1. The van der Waals surface area contributed by atoms with Gasteiger partial charge in [0.05, 0.1) is 30.5 Å². The first-order chi connectivity index (χ1) is 12.8. The fourth-order valence-corrected chi connectivity index (χ4v) is 3.75. The Kier molecular flexibility index (Phi) is 6.86. The van der Waals surface area contributed by atoms with Gasteiger partial charge < -0.3 is 20.1 Å². The van der Waals surface area contributed by atoms with E-state index in [2.05, 4.69) is 15.4 Å². The van der Waals surface area contributed by atoms with Crippen LogP contribution in [-0.2, 0) is 10.0 Å². The number of ether oxygens (including phenoxy) is 2. The van der Waals surface area contributed by atoms with Crippen LogP contribution < -0.4 is 24.8 Å². The van der Waals surface area contributed by atoms with Crippen LogP contribution in [0.2, 0.25) is 0 Å². The maximum atomic E-state index is 12.8. The minimum Gasteiger partial charge on any atom is -0.495 e. The highest BCUT2D eigenvalue weighted by Crippen LogP contribution is 2.30. The molecule has 3 N–H and O–H groups in total. The molecule has 146 valence electrons. The van der Waals surface area contributed by atoms with Crippen LogP contribution in [0.4, 0.5) is 11.4 Å². The fraction of sp³-hybridized carbons (Fsp3) is 0.278. The molecule has 0 aliphatic rings. The lowest BCUT2D eigenvalue weighted by Crippen LogP contribution is -2.34. The zero-order valence-corrected chi connectivity index (χ0v) is 17.2. The highest BCUT2D eigenvalue weighted by atomic mass is 32.2. The van der Waals surface area contributed by atoms with Crippen molar-refractivity contribution in [2.75, 3.05) is 24.3 Å². The summed E-state index contributed by atoms with van der Waals surface area (Å²) in [6, 6.07) is 11.4. The van der Waals surface area contributed by atoms with Gasteiger partial charge in [-0.2, -0.15) is 0 Å². The lowest BCUT2D eigenvalue weighted by atomic mass is 10.3. The van der Waals surface area contributed by atoms with E-state index in [1.807, 2.05) is 13.8 Å². The van der Waals surface area contributed by atoms with Gasteiger partial charge in [0.1, 0.15) is 11.5 Å². The van der Waals surface area contributed by atoms with Crippen LogP contribution in [0.15, 0.2) is 47.4 Å². The number of hydrogen-bond donors (Lipinski definition) is 3. The smallest absolute Gasteiger partial charge is 0.262 e. The van der Waals surface area contributed by atoms with E-state index < -0.39 is 10.0 Å². The average Bonchev–Trinajstić information content (AvgIpc) is 2.61. The first-order valence-corrected chi connectivity index (χ1v) is 10.1. The Labute approximate surface area is 165 Å². The Morgan fingerprint density at radius 2 is 1.63 bits per heavy atom. The van der Waals surface area contributed by atoms with Crippen LogP contribution in [0, 0.1) is 0 Å². The average molecular weight is 410 g/mol. The van der Waals surface area contributed by atoms with Crippen molar-refractivity contribution in [3.05, 3.63) is 42.5 Å². The number of hydrogen-bond acceptors (Lipinski definition) is 5. The molecule has 0 heterocycles. The molecule has 7 nitrogen and oxygen atoms in total. The second kappa shape index (κ2) is 8.92. The number of rotatable bonds is 7. The second-order valence-corrected chi connectivity index (χ2v) is 8.01. The number of nitrogens with one attached hydrogen (secondary N) is 3. The van der Waals surface area contributed by atoms with Crippen molar-refractivity contribution in [3.8, 4) is 11.5 Å². The molecule has 2 aromatic rings. The molecule has 0 radical (unpaired) electrons. The molecule has 0 aromatic heterocycles. The summed E-state index contributed by atoms with van der Waals surface area (Å²) in [7, 11) is -0.863. The lowest BCUT2D eigenvalue weighted by Gasteiger charge is -2.17. The maximum Gasteiger partial charge on any atom is 0.262 e. The predicted octanol–water partition coefficient (Wildman–Crippen LogP) is 3.20. The second-order valence-electron chi connectivity index (χ2n) is 5.92. The van der Waals surface area contributed by atoms with E-state index in [4.69, 9.17) is 21.7 Å². The van der Waals surface area contributed by atoms with Crippen molar-refractivity contribution in [1.82, 2.24) is 5.32 Å². The Balaban J connectivity index is 2.34. The molecule has 27 heavy (non-hydrogen) atoms. The highest BCUT2D eigenvalue weighted by molar-refractivity contribution is 7.92. The molecule has 0 spiro atoms. The molecule has 0 saturated heterocycles. The van der Waals surface area contributed by atoms with Gasteiger partial charge in [-0.3, -0.25) is 4.72 Å². The van der Waals surface area contributed by atoms with Crippen molar-refractivity contribution < 1.29 is 17.9 Å². The van der Waals surface area contributed by atoms with E-state index in [9.17, 15) is 8.42 Å². The minimum atomic E-state index is -3.84. The van der Waals surface area contributed by atoms with Crippen molar-refractivity contribution in [2.24, 2.45) is 0 Å². The summed E-state index contributed by atoms with van der Waals surface area (Å²) < 4.78 is 38.6. The highest BCUT2D eigenvalue weighted by Gasteiger charge is 2.19. The Hall–Kier alpha value is -2.52. The Morgan fingerprint density at radius 3 is 2.26 bits per heavy atom. The normalized spacial score (nSPS) is 11.0. The molecule has 0 unspecified atom stereocenters. The van der Waals surface area contributed by atoms with Crippen molar-refractivity contribution in [1.29, 1.82) is 0 Å². The monoisotopic (exact) mass is 409 g/mol. The van der Waals surface area contributed by atoms with Crippen LogP contribution in [0.5, 0.6) is 11.5 Å². The van der Waals surface area contributed by atoms with E-state index in [0.29, 0.717) is 28.0 Å². The van der Waals surface area contributed by atoms with Crippen LogP contribution in [0.1, 0.15) is 13.8 Å². The standard InChI is InChI=1S/C18H23N3O4S2/c1-12(2)19-18(26)20-15-11-13(9-10-17(15)25-4)27(22,23)21-14-7-5-6-8-16(14)24-3/h5-12,21H,1-4H3,(H2,19,20,26). The van der Waals surface area contributed by atoms with E-state index in [-0.39, 0.29) is 10.9 Å². The third-order valence-corrected chi connectivity index (χ3v) is 5.08. The van der Waals surface area contributed by atoms with Crippen LogP contribution >= 0.6 is 12.2 Å². The van der Waals surface area contributed by atoms with Gasteiger partial charge >= 0.3 is 0 Å². The SMILES string of the molecule is COc1ccc(S(=O)(=O)Nc2ccccc2OC)cc1NC(=S)NC(C)C. The maximum absolute atomic E-state index is 12.8. The molecule has 0 aliphatic heterocycles. The molecule has 0 saturated carbocycles. The topological polar surface area (TPSA) is 88.7 Å². The first kappa shape index (κ1) is 20.8. The van der Waals surface area contributed by atoms with Gasteiger partial charge in [0.15, 0.2) is 5.11 Å². The summed E-state index contributed by atoms with van der Waals surface area (Å²) in [6.45, 7) is 3.90. The van der Waals surface area contributed by atoms with E-state index in [1.165, 1.54) is 26.4 Å². The quantitative estimate of drug-likeness (QED) is 0.605. The van der Waals surface area contributed by atoms with Gasteiger partial charge in [-0.25, -0.2) is 8.42 Å². The number of methoxy groups -OCH3 is 2. The fourth-order valence-electron chi connectivity index (χ4n) is 2.31. The summed E-state index contributed by atoms with van der Waals surface area (Å²) in [5.41, 5.74) is 0.792. The summed E-state index contributed by atoms with van der Waals surface area (Å²) in [4.78, 5) is 0.0593. The van der Waals surface area contributed by atoms with Crippen LogP contribution in [0.3, 0.4) is 0 Å². The van der Waals surface area contributed by atoms with Crippen LogP contribution in [-0.4, -0.2) is 33.8 Å². The number of para-hydroxylation sites is 2. The molecule has 9 heteroatoms. The van der Waals surface area contributed by atoms with Gasteiger partial charge in [0.25, 0.3) is 10.0 Å². The first-order valence-electron chi connectivity index (χ1n) is 8.18. The summed E-state index contributed by atoms with van der Waals surface area (Å²) in [6.07, 6.45) is 0.